The first-order valence-electron chi connectivity index (χ1n) is 11.6. The number of hydrogen-bond acceptors (Lipinski definition) is 6. The van der Waals surface area contributed by atoms with Crippen molar-refractivity contribution in [2.24, 2.45) is 0 Å². The van der Waals surface area contributed by atoms with Crippen molar-refractivity contribution in [1.29, 1.82) is 0 Å². The van der Waals surface area contributed by atoms with E-state index in [2.05, 4.69) is 16.0 Å². The van der Waals surface area contributed by atoms with Crippen LogP contribution < -0.4 is 26.4 Å². The summed E-state index contributed by atoms with van der Waals surface area (Å²) in [5.74, 6) is -0.279. The molecule has 1 aromatic carbocycles. The third-order valence-electron chi connectivity index (χ3n) is 7.23. The number of nitrogen functional groups attached to an aromatic ring is 1. The molecule has 1 aromatic rings. The van der Waals surface area contributed by atoms with Crippen molar-refractivity contribution in [3.8, 4) is 5.75 Å². The van der Waals surface area contributed by atoms with Crippen LogP contribution in [0.1, 0.15) is 61.4 Å². The predicted molar refractivity (Wildman–Crippen MR) is 127 cm³/mol. The van der Waals surface area contributed by atoms with E-state index in [-0.39, 0.29) is 35.7 Å². The maximum atomic E-state index is 13.1. The molecule has 2 saturated heterocycles. The first kappa shape index (κ1) is 23.9. The van der Waals surface area contributed by atoms with Gasteiger partial charge in [0.25, 0.3) is 5.91 Å². The maximum Gasteiger partial charge on any atom is 0.319 e. The van der Waals surface area contributed by atoms with Crippen molar-refractivity contribution in [2.45, 2.75) is 63.3 Å². The van der Waals surface area contributed by atoms with E-state index in [1.807, 2.05) is 11.8 Å². The summed E-state index contributed by atoms with van der Waals surface area (Å²) in [5.41, 5.74) is 6.55. The molecule has 4 rings (SSSR count). The Balaban J connectivity index is 1.61. The highest BCUT2D eigenvalue weighted by atomic mass is 35.5. The topological polar surface area (TPSA) is 118 Å². The molecule has 3 unspecified atom stereocenters. The minimum atomic E-state index is -1.10. The van der Waals surface area contributed by atoms with Crippen LogP contribution in [0.5, 0.6) is 5.75 Å². The highest BCUT2D eigenvalue weighted by Gasteiger charge is 2.46. The van der Waals surface area contributed by atoms with Crippen molar-refractivity contribution < 1.29 is 19.1 Å². The lowest BCUT2D eigenvalue weighted by Crippen LogP contribution is -2.56. The Morgan fingerprint density at radius 2 is 2.06 bits per heavy atom. The molecule has 0 radical (unpaired) electrons. The lowest BCUT2D eigenvalue weighted by Gasteiger charge is -2.37. The van der Waals surface area contributed by atoms with Crippen molar-refractivity contribution in [3.05, 3.63) is 22.2 Å². The van der Waals surface area contributed by atoms with Crippen molar-refractivity contribution >= 4 is 29.2 Å². The Kier molecular flexibility index (Phi) is 6.93. The number of amides is 3. The number of rotatable bonds is 5. The average molecular weight is 480 g/mol. The molecule has 10 heteroatoms. The Morgan fingerprint density at radius 1 is 1.33 bits per heavy atom. The molecule has 182 valence electrons. The molecule has 0 bridgehead atoms. The van der Waals surface area contributed by atoms with Crippen LogP contribution in [0, 0.1) is 0 Å². The average Bonchev–Trinajstić information content (AvgIpc) is 3.44. The van der Waals surface area contributed by atoms with Crippen molar-refractivity contribution in [2.75, 3.05) is 39.1 Å². The quantitative estimate of drug-likeness (QED) is 0.380. The van der Waals surface area contributed by atoms with Gasteiger partial charge in [-0.15, -0.1) is 0 Å². The highest BCUT2D eigenvalue weighted by molar-refractivity contribution is 6.34. The Morgan fingerprint density at radius 3 is 2.70 bits per heavy atom. The number of nitrogens with two attached hydrogens (primary N) is 1. The van der Waals surface area contributed by atoms with E-state index >= 15 is 0 Å². The van der Waals surface area contributed by atoms with Gasteiger partial charge in [-0.25, -0.2) is 4.79 Å². The number of nitrogens with one attached hydrogen (secondary N) is 3. The summed E-state index contributed by atoms with van der Waals surface area (Å²) >= 11 is 6.46. The largest absolute Gasteiger partial charge is 0.492 e. The van der Waals surface area contributed by atoms with E-state index in [1.54, 1.807) is 13.0 Å². The van der Waals surface area contributed by atoms with Crippen LogP contribution in [0.15, 0.2) is 6.07 Å². The highest BCUT2D eigenvalue weighted by Crippen LogP contribution is 2.48. The molecule has 9 nitrogen and oxygen atoms in total. The van der Waals surface area contributed by atoms with Gasteiger partial charge in [-0.2, -0.15) is 0 Å². The van der Waals surface area contributed by atoms with Crippen LogP contribution in [0.25, 0.3) is 0 Å². The SMILES string of the molecule is COC(C)(NC(=O)N1CCCC1C)C1COc2c(C(=O)NC3CCNCC3)cc(Cl)c(N)c21. The fourth-order valence-electron chi connectivity index (χ4n) is 5.05. The molecule has 0 spiro atoms. The number of halogens is 1. The van der Waals surface area contributed by atoms with Crippen LogP contribution >= 0.6 is 11.6 Å². The number of ether oxygens (including phenoxy) is 2. The van der Waals surface area contributed by atoms with Crippen LogP contribution in [0.2, 0.25) is 5.02 Å². The minimum Gasteiger partial charge on any atom is -0.492 e. The van der Waals surface area contributed by atoms with Gasteiger partial charge >= 0.3 is 6.03 Å². The van der Waals surface area contributed by atoms with Crippen LogP contribution in [0.4, 0.5) is 10.5 Å². The van der Waals surface area contributed by atoms with Gasteiger partial charge in [0.15, 0.2) is 0 Å². The van der Waals surface area contributed by atoms with Gasteiger partial charge in [-0.1, -0.05) is 11.6 Å². The van der Waals surface area contributed by atoms with Gasteiger partial charge in [0.05, 0.1) is 28.8 Å². The fraction of sp³-hybridized carbons (Fsp3) is 0.652. The molecule has 3 aliphatic heterocycles. The molecule has 33 heavy (non-hydrogen) atoms. The standard InChI is InChI=1S/C23H34ClN5O4/c1-13-5-4-10-29(13)22(31)28-23(2,32-3)16-12-33-20-15(11-17(24)19(25)18(16)20)21(30)27-14-6-8-26-9-7-14/h11,13-14,16,26H,4-10,12,25H2,1-3H3,(H,27,30)(H,28,31). The van der Waals surface area contributed by atoms with Gasteiger partial charge in [0, 0.05) is 31.3 Å². The summed E-state index contributed by atoms with van der Waals surface area (Å²) in [4.78, 5) is 28.0. The normalized spacial score (nSPS) is 24.7. The number of methoxy groups -OCH3 is 1. The molecular formula is C23H34ClN5O4. The lowest BCUT2D eigenvalue weighted by atomic mass is 9.88. The van der Waals surface area contributed by atoms with E-state index in [4.69, 9.17) is 26.8 Å². The van der Waals surface area contributed by atoms with Gasteiger partial charge in [0.2, 0.25) is 0 Å². The number of carbonyl (C=O) groups is 2. The van der Waals surface area contributed by atoms with Gasteiger partial charge in [0.1, 0.15) is 11.5 Å². The first-order chi connectivity index (χ1) is 15.7. The van der Waals surface area contributed by atoms with Crippen LogP contribution in [-0.4, -0.2) is 68.0 Å². The third kappa shape index (κ3) is 4.58. The molecule has 3 atom stereocenters. The number of piperidine rings is 1. The predicted octanol–water partition coefficient (Wildman–Crippen LogP) is 2.44. The summed E-state index contributed by atoms with van der Waals surface area (Å²) in [7, 11) is 1.54. The smallest absolute Gasteiger partial charge is 0.319 e. The second kappa shape index (κ2) is 9.56. The van der Waals surface area contributed by atoms with Crippen molar-refractivity contribution in [1.82, 2.24) is 20.9 Å². The van der Waals surface area contributed by atoms with Crippen LogP contribution in [0.3, 0.4) is 0 Å². The van der Waals surface area contributed by atoms with E-state index in [9.17, 15) is 9.59 Å². The van der Waals surface area contributed by atoms with E-state index in [1.165, 1.54) is 7.11 Å². The molecule has 3 amide bonds. The molecule has 3 heterocycles. The number of benzene rings is 1. The Bertz CT molecular complexity index is 923. The molecule has 5 N–H and O–H groups in total. The molecular weight excluding hydrogens is 446 g/mol. The summed E-state index contributed by atoms with van der Waals surface area (Å²) in [6.07, 6.45) is 3.68. The summed E-state index contributed by atoms with van der Waals surface area (Å²) in [6, 6.07) is 1.63. The number of nitrogens with zero attached hydrogens (tertiary/aromatic N) is 1. The first-order valence-corrected chi connectivity index (χ1v) is 12.0. The molecule has 2 fully saturated rings. The van der Waals surface area contributed by atoms with Gasteiger partial charge in [-0.3, -0.25) is 4.79 Å². The van der Waals surface area contributed by atoms with Crippen molar-refractivity contribution in [3.63, 3.8) is 0 Å². The van der Waals surface area contributed by atoms with E-state index in [0.717, 1.165) is 38.8 Å². The maximum absolute atomic E-state index is 13.1. The number of likely N-dealkylation sites (tertiary alicyclic amines) is 1. The van der Waals surface area contributed by atoms with Crippen LogP contribution in [-0.2, 0) is 4.74 Å². The fourth-order valence-corrected chi connectivity index (χ4v) is 5.26. The summed E-state index contributed by atoms with van der Waals surface area (Å²) in [5, 5.41) is 9.69. The summed E-state index contributed by atoms with van der Waals surface area (Å²) < 4.78 is 11.8. The number of fused-ring (bicyclic) bond motifs is 1. The zero-order chi connectivity index (χ0) is 23.8. The molecule has 0 saturated carbocycles. The van der Waals surface area contributed by atoms with E-state index in [0.29, 0.717) is 29.1 Å². The third-order valence-corrected chi connectivity index (χ3v) is 7.54. The molecule has 3 aliphatic rings. The zero-order valence-corrected chi connectivity index (χ0v) is 20.3. The minimum absolute atomic E-state index is 0.0916. The molecule has 0 aliphatic carbocycles. The number of urea groups is 1. The molecule has 0 aromatic heterocycles. The monoisotopic (exact) mass is 479 g/mol. The Labute approximate surface area is 199 Å². The number of hydrogen-bond donors (Lipinski definition) is 4. The second-order valence-corrected chi connectivity index (χ2v) is 9.76. The Hall–Kier alpha value is -2.23. The zero-order valence-electron chi connectivity index (χ0n) is 19.5. The number of carbonyl (C=O) groups excluding carboxylic acids is 2. The lowest BCUT2D eigenvalue weighted by molar-refractivity contribution is -0.0425. The summed E-state index contributed by atoms with van der Waals surface area (Å²) in [6.45, 7) is 6.48. The number of anilines is 1. The van der Waals surface area contributed by atoms with E-state index < -0.39 is 11.6 Å². The second-order valence-electron chi connectivity index (χ2n) is 9.35. The van der Waals surface area contributed by atoms with Gasteiger partial charge < -0.3 is 36.1 Å². The van der Waals surface area contributed by atoms with Gasteiger partial charge in [-0.05, 0) is 58.7 Å².